The van der Waals surface area contributed by atoms with Crippen molar-refractivity contribution >= 4 is 5.91 Å². The summed E-state index contributed by atoms with van der Waals surface area (Å²) in [5.41, 5.74) is 2.07. The van der Waals surface area contributed by atoms with Gasteiger partial charge in [0.1, 0.15) is 0 Å². The van der Waals surface area contributed by atoms with E-state index in [1.165, 1.54) is 51.4 Å². The second-order valence-electron chi connectivity index (χ2n) is 7.71. The maximum absolute atomic E-state index is 13.0. The zero-order valence-corrected chi connectivity index (χ0v) is 14.0. The molecule has 1 aromatic rings. The normalized spacial score (nSPS) is 28.3. The number of rotatable bonds is 4. The highest BCUT2D eigenvalue weighted by molar-refractivity contribution is 5.80. The van der Waals surface area contributed by atoms with Crippen molar-refractivity contribution in [3.05, 3.63) is 11.4 Å². The number of aromatic amines is 1. The summed E-state index contributed by atoms with van der Waals surface area (Å²) in [7, 11) is 0. The summed E-state index contributed by atoms with van der Waals surface area (Å²) >= 11 is 0. The predicted octanol–water partition coefficient (Wildman–Crippen LogP) is 2.87. The third kappa shape index (κ3) is 3.15. The highest BCUT2D eigenvalue weighted by Gasteiger charge is 2.35. The van der Waals surface area contributed by atoms with Gasteiger partial charge in [-0.25, -0.2) is 0 Å². The number of likely N-dealkylation sites (tertiary alicyclic amines) is 1. The van der Waals surface area contributed by atoms with Gasteiger partial charge in [-0.1, -0.05) is 25.7 Å². The van der Waals surface area contributed by atoms with E-state index in [-0.39, 0.29) is 5.92 Å². The minimum atomic E-state index is 0.125. The van der Waals surface area contributed by atoms with Crippen LogP contribution in [0.5, 0.6) is 0 Å². The van der Waals surface area contributed by atoms with Gasteiger partial charge in [-0.05, 0) is 44.4 Å². The van der Waals surface area contributed by atoms with Gasteiger partial charge in [0.25, 0.3) is 0 Å². The summed E-state index contributed by atoms with van der Waals surface area (Å²) in [4.78, 5) is 15.2. The van der Waals surface area contributed by atoms with Crippen LogP contribution in [0.15, 0.2) is 0 Å². The molecule has 0 spiro atoms. The minimum Gasteiger partial charge on any atom is -0.339 e. The Morgan fingerprint density at radius 1 is 1.04 bits per heavy atom. The molecule has 1 N–H and O–H groups in total. The van der Waals surface area contributed by atoms with E-state index in [9.17, 15) is 4.79 Å². The molecule has 2 aliphatic carbocycles. The molecule has 23 heavy (non-hydrogen) atoms. The number of fused-ring (bicyclic) bond motifs is 1. The van der Waals surface area contributed by atoms with E-state index >= 15 is 0 Å². The number of carbonyl (C=O) groups excluding carboxylic acids is 1. The van der Waals surface area contributed by atoms with Gasteiger partial charge in [0.2, 0.25) is 5.91 Å². The highest BCUT2D eigenvalue weighted by atomic mass is 16.2. The van der Waals surface area contributed by atoms with Gasteiger partial charge in [-0.2, -0.15) is 15.4 Å². The first-order chi connectivity index (χ1) is 11.3. The van der Waals surface area contributed by atoms with Crippen molar-refractivity contribution in [2.75, 3.05) is 6.54 Å². The summed E-state index contributed by atoms with van der Waals surface area (Å²) in [6.45, 7) is 0.969. The van der Waals surface area contributed by atoms with Crippen molar-refractivity contribution in [1.82, 2.24) is 20.3 Å². The van der Waals surface area contributed by atoms with Crippen LogP contribution in [-0.4, -0.2) is 38.8 Å². The maximum atomic E-state index is 13.0. The van der Waals surface area contributed by atoms with Crippen LogP contribution in [0.1, 0.15) is 69.2 Å². The molecule has 0 bridgehead atoms. The third-order valence-corrected chi connectivity index (χ3v) is 6.26. The summed E-state index contributed by atoms with van der Waals surface area (Å²) < 4.78 is 0. The maximum Gasteiger partial charge on any atom is 0.226 e. The van der Waals surface area contributed by atoms with Crippen LogP contribution in [0.4, 0.5) is 0 Å². The van der Waals surface area contributed by atoms with Gasteiger partial charge in [-0.15, -0.1) is 0 Å². The van der Waals surface area contributed by atoms with Crippen molar-refractivity contribution in [3.63, 3.8) is 0 Å². The number of aromatic nitrogens is 3. The Kier molecular flexibility index (Phi) is 4.36. The molecular formula is C18H28N4O. The zero-order valence-electron chi connectivity index (χ0n) is 14.0. The number of H-pyrrole nitrogens is 1. The molecule has 2 fully saturated rings. The third-order valence-electron chi connectivity index (χ3n) is 6.26. The number of hydrogen-bond acceptors (Lipinski definition) is 3. The molecule has 3 aliphatic rings. The topological polar surface area (TPSA) is 61.9 Å². The molecule has 1 aliphatic heterocycles. The second-order valence-corrected chi connectivity index (χ2v) is 7.71. The lowest BCUT2D eigenvalue weighted by Crippen LogP contribution is -2.41. The van der Waals surface area contributed by atoms with Crippen LogP contribution in [0.3, 0.4) is 0 Å². The number of aryl methyl sites for hydroxylation is 1. The van der Waals surface area contributed by atoms with Gasteiger partial charge < -0.3 is 4.90 Å². The minimum absolute atomic E-state index is 0.125. The molecule has 2 atom stereocenters. The number of nitrogens with one attached hydrogen (secondary N) is 1. The fourth-order valence-corrected chi connectivity index (χ4v) is 4.88. The van der Waals surface area contributed by atoms with Crippen LogP contribution >= 0.6 is 0 Å². The van der Waals surface area contributed by atoms with Crippen molar-refractivity contribution in [3.8, 4) is 0 Å². The standard InChI is InChI=1S/C18H28N4O/c23-18(14-8-10-16-17(12-14)20-21-19-16)22-11-3-6-15(22)9-7-13-4-1-2-5-13/h13-15H,1-12H2,(H,19,20,21). The van der Waals surface area contributed by atoms with E-state index in [4.69, 9.17) is 0 Å². The lowest BCUT2D eigenvalue weighted by atomic mass is 9.88. The van der Waals surface area contributed by atoms with E-state index in [2.05, 4.69) is 20.3 Å². The smallest absolute Gasteiger partial charge is 0.226 e. The predicted molar refractivity (Wildman–Crippen MR) is 87.8 cm³/mol. The second kappa shape index (κ2) is 6.62. The molecule has 0 radical (unpaired) electrons. The molecule has 0 aromatic carbocycles. The van der Waals surface area contributed by atoms with E-state index in [1.54, 1.807) is 0 Å². The van der Waals surface area contributed by atoms with Crippen LogP contribution in [0, 0.1) is 11.8 Å². The molecule has 1 saturated carbocycles. The molecule has 5 heteroatoms. The van der Waals surface area contributed by atoms with E-state index in [1.807, 2.05) is 0 Å². The monoisotopic (exact) mass is 316 g/mol. The molecular weight excluding hydrogens is 288 g/mol. The summed E-state index contributed by atoms with van der Waals surface area (Å²) in [6.07, 6.45) is 13.2. The summed E-state index contributed by atoms with van der Waals surface area (Å²) in [5.74, 6) is 1.44. The quantitative estimate of drug-likeness (QED) is 0.929. The van der Waals surface area contributed by atoms with Gasteiger partial charge >= 0.3 is 0 Å². The molecule has 4 rings (SSSR count). The van der Waals surface area contributed by atoms with E-state index in [0.717, 1.165) is 43.1 Å². The number of carbonyl (C=O) groups is 1. The van der Waals surface area contributed by atoms with Crippen molar-refractivity contribution in [1.29, 1.82) is 0 Å². The Bertz CT molecular complexity index is 549. The van der Waals surface area contributed by atoms with Gasteiger partial charge in [0.05, 0.1) is 11.4 Å². The Morgan fingerprint density at radius 2 is 1.87 bits per heavy atom. The summed E-state index contributed by atoms with van der Waals surface area (Å²) in [5, 5.41) is 11.1. The average Bonchev–Trinajstić information content (AvgIpc) is 3.31. The zero-order chi connectivity index (χ0) is 15.6. The number of hydrogen-bond donors (Lipinski definition) is 1. The SMILES string of the molecule is O=C(C1CCc2n[nH]nc2C1)N1CCCC1CCC1CCCC1. The van der Waals surface area contributed by atoms with Crippen molar-refractivity contribution in [2.45, 2.75) is 76.7 Å². The molecule has 2 heterocycles. The lowest BCUT2D eigenvalue weighted by Gasteiger charge is -2.30. The highest BCUT2D eigenvalue weighted by Crippen LogP contribution is 2.33. The first kappa shape index (κ1) is 15.2. The number of amides is 1. The van der Waals surface area contributed by atoms with Crippen LogP contribution < -0.4 is 0 Å². The van der Waals surface area contributed by atoms with Gasteiger partial charge in [-0.3, -0.25) is 4.79 Å². The lowest BCUT2D eigenvalue weighted by molar-refractivity contribution is -0.137. The molecule has 1 amide bonds. The van der Waals surface area contributed by atoms with Crippen molar-refractivity contribution < 1.29 is 4.79 Å². The molecule has 1 aromatic heterocycles. The van der Waals surface area contributed by atoms with Crippen molar-refractivity contribution in [2.24, 2.45) is 11.8 Å². The Morgan fingerprint density at radius 3 is 2.74 bits per heavy atom. The molecule has 5 nitrogen and oxygen atoms in total. The Hall–Kier alpha value is -1.39. The summed E-state index contributed by atoms with van der Waals surface area (Å²) in [6, 6.07) is 0.502. The number of nitrogens with zero attached hydrogens (tertiary/aromatic N) is 3. The van der Waals surface area contributed by atoms with Crippen LogP contribution in [-0.2, 0) is 17.6 Å². The largest absolute Gasteiger partial charge is 0.339 e. The van der Waals surface area contributed by atoms with E-state index in [0.29, 0.717) is 11.9 Å². The molecule has 126 valence electrons. The Labute approximate surface area is 138 Å². The average molecular weight is 316 g/mol. The fraction of sp³-hybridized carbons (Fsp3) is 0.833. The van der Waals surface area contributed by atoms with Crippen LogP contribution in [0.2, 0.25) is 0 Å². The first-order valence-electron chi connectivity index (χ1n) is 9.50. The Balaban J connectivity index is 1.35. The first-order valence-corrected chi connectivity index (χ1v) is 9.50. The molecule has 1 saturated heterocycles. The van der Waals surface area contributed by atoms with Gasteiger partial charge in [0.15, 0.2) is 0 Å². The molecule has 2 unspecified atom stereocenters. The van der Waals surface area contributed by atoms with E-state index < -0.39 is 0 Å². The van der Waals surface area contributed by atoms with Gasteiger partial charge in [0, 0.05) is 24.9 Å². The fourth-order valence-electron chi connectivity index (χ4n) is 4.88. The van der Waals surface area contributed by atoms with Crippen LogP contribution in [0.25, 0.3) is 0 Å².